The van der Waals surface area contributed by atoms with E-state index in [1.807, 2.05) is 18.2 Å². The van der Waals surface area contributed by atoms with Crippen LogP contribution in [0.25, 0.3) is 111 Å². The smallest absolute Gasteiger partial charge is 0.238 e. The van der Waals surface area contributed by atoms with Gasteiger partial charge in [0.25, 0.3) is 0 Å². The van der Waals surface area contributed by atoms with E-state index in [4.69, 9.17) is 19.4 Å². The lowest BCUT2D eigenvalue weighted by Gasteiger charge is -2.12. The van der Waals surface area contributed by atoms with E-state index in [1.54, 1.807) is 0 Å². The highest BCUT2D eigenvalue weighted by Crippen LogP contribution is 2.38. The SMILES string of the molecule is c1ccc(-c2cccc(-c3nc(-c4ccc5oc6ccc(-n7c8ccccc8c8ccccc87)cc6c5c4)nc(-n4c5ccccc5c5ccccc54)n3)c2)cc1. The van der Waals surface area contributed by atoms with Crippen molar-refractivity contribution in [3.63, 3.8) is 0 Å². The molecule has 0 spiro atoms. The molecule has 12 rings (SSSR count). The number of hydrogen-bond acceptors (Lipinski definition) is 4. The van der Waals surface area contributed by atoms with E-state index in [0.29, 0.717) is 17.6 Å². The average molecular weight is 730 g/mol. The average Bonchev–Trinajstić information content (AvgIpc) is 3.94. The van der Waals surface area contributed by atoms with Crippen LogP contribution in [0, 0.1) is 0 Å². The van der Waals surface area contributed by atoms with Gasteiger partial charge in [0.05, 0.1) is 22.1 Å². The summed E-state index contributed by atoms with van der Waals surface area (Å²) in [6.45, 7) is 0. The molecule has 0 unspecified atom stereocenters. The van der Waals surface area contributed by atoms with Crippen molar-refractivity contribution in [1.29, 1.82) is 0 Å². The molecule has 0 aliphatic rings. The van der Waals surface area contributed by atoms with Crippen LogP contribution in [0.1, 0.15) is 0 Å². The molecule has 0 amide bonds. The van der Waals surface area contributed by atoms with Crippen molar-refractivity contribution < 1.29 is 4.42 Å². The number of benzene rings is 8. The molecule has 0 radical (unpaired) electrons. The molecule has 4 heterocycles. The normalized spacial score (nSPS) is 11.9. The quantitative estimate of drug-likeness (QED) is 0.177. The first-order valence-electron chi connectivity index (χ1n) is 19.1. The predicted octanol–water partition coefficient (Wildman–Crippen LogP) is 13.0. The van der Waals surface area contributed by atoms with Crippen LogP contribution in [0.5, 0.6) is 0 Å². The highest BCUT2D eigenvalue weighted by atomic mass is 16.3. The summed E-state index contributed by atoms with van der Waals surface area (Å²) < 4.78 is 10.9. The topological polar surface area (TPSA) is 61.7 Å². The third-order valence-corrected chi connectivity index (χ3v) is 11.2. The van der Waals surface area contributed by atoms with Crippen molar-refractivity contribution in [1.82, 2.24) is 24.1 Å². The van der Waals surface area contributed by atoms with E-state index in [9.17, 15) is 0 Å². The number of nitrogens with zero attached hydrogens (tertiary/aromatic N) is 5. The Kier molecular flexibility index (Phi) is 6.83. The van der Waals surface area contributed by atoms with Gasteiger partial charge in [-0.3, -0.25) is 4.57 Å². The van der Waals surface area contributed by atoms with Gasteiger partial charge in [-0.25, -0.2) is 4.98 Å². The maximum atomic E-state index is 6.45. The van der Waals surface area contributed by atoms with Gasteiger partial charge in [0.15, 0.2) is 11.6 Å². The standard InChI is InChI=1S/C51H31N5O/c1-2-13-32(14-3-1)33-15-12-16-34(29-33)49-52-50(54-51(53-49)56-45-23-10-6-19-39(45)40-20-7-11-24-46(40)56)35-25-27-47-41(30-35)42-31-36(26-28-48(42)57-47)55-43-21-8-4-17-37(43)38-18-5-9-22-44(38)55/h1-31H. The maximum Gasteiger partial charge on any atom is 0.238 e. The molecule has 57 heavy (non-hydrogen) atoms. The fourth-order valence-corrected chi connectivity index (χ4v) is 8.57. The first-order chi connectivity index (χ1) is 28.2. The molecule has 6 nitrogen and oxygen atoms in total. The van der Waals surface area contributed by atoms with Crippen molar-refractivity contribution in [3.8, 4) is 45.5 Å². The number of hydrogen-bond donors (Lipinski definition) is 0. The number of para-hydroxylation sites is 4. The summed E-state index contributed by atoms with van der Waals surface area (Å²) >= 11 is 0. The van der Waals surface area contributed by atoms with E-state index < -0.39 is 0 Å². The zero-order valence-electron chi connectivity index (χ0n) is 30.5. The number of rotatable bonds is 5. The van der Waals surface area contributed by atoms with Gasteiger partial charge in [-0.15, -0.1) is 0 Å². The van der Waals surface area contributed by atoms with Crippen molar-refractivity contribution in [3.05, 3.63) is 188 Å². The molecular weight excluding hydrogens is 699 g/mol. The minimum Gasteiger partial charge on any atom is -0.456 e. The second-order valence-corrected chi connectivity index (χ2v) is 14.5. The fraction of sp³-hybridized carbons (Fsp3) is 0. The van der Waals surface area contributed by atoms with Crippen LogP contribution in [-0.2, 0) is 0 Å². The van der Waals surface area contributed by atoms with Crippen LogP contribution in [0.2, 0.25) is 0 Å². The molecule has 266 valence electrons. The third-order valence-electron chi connectivity index (χ3n) is 11.2. The van der Waals surface area contributed by atoms with Gasteiger partial charge >= 0.3 is 0 Å². The van der Waals surface area contributed by atoms with Gasteiger partial charge in [0.2, 0.25) is 5.95 Å². The Morgan fingerprint density at radius 2 is 0.789 bits per heavy atom. The zero-order valence-corrected chi connectivity index (χ0v) is 30.5. The fourth-order valence-electron chi connectivity index (χ4n) is 8.57. The van der Waals surface area contributed by atoms with E-state index in [2.05, 4.69) is 179 Å². The zero-order chi connectivity index (χ0) is 37.5. The van der Waals surface area contributed by atoms with Gasteiger partial charge in [0.1, 0.15) is 11.2 Å². The van der Waals surface area contributed by atoms with Gasteiger partial charge in [-0.2, -0.15) is 9.97 Å². The molecule has 0 bridgehead atoms. The van der Waals surface area contributed by atoms with Crippen LogP contribution in [0.4, 0.5) is 0 Å². The molecule has 12 aromatic rings. The highest BCUT2D eigenvalue weighted by Gasteiger charge is 2.20. The molecule has 4 aromatic heterocycles. The van der Waals surface area contributed by atoms with E-state index in [0.717, 1.165) is 82.7 Å². The summed E-state index contributed by atoms with van der Waals surface area (Å²) in [6, 6.07) is 65.6. The Balaban J connectivity index is 1.08. The predicted molar refractivity (Wildman–Crippen MR) is 232 cm³/mol. The van der Waals surface area contributed by atoms with Crippen molar-refractivity contribution in [2.24, 2.45) is 0 Å². The first-order valence-corrected chi connectivity index (χ1v) is 19.1. The Morgan fingerprint density at radius 1 is 0.316 bits per heavy atom. The van der Waals surface area contributed by atoms with Crippen LogP contribution in [0.15, 0.2) is 192 Å². The molecule has 8 aromatic carbocycles. The molecule has 0 aliphatic heterocycles. The number of furan rings is 1. The minimum atomic E-state index is 0.559. The van der Waals surface area contributed by atoms with Crippen LogP contribution in [-0.4, -0.2) is 24.1 Å². The van der Waals surface area contributed by atoms with E-state index in [1.165, 1.54) is 10.8 Å². The molecule has 0 N–H and O–H groups in total. The molecule has 0 saturated carbocycles. The molecule has 0 fully saturated rings. The Bertz CT molecular complexity index is 3430. The lowest BCUT2D eigenvalue weighted by atomic mass is 10.0. The molecule has 0 aliphatic carbocycles. The number of aromatic nitrogens is 5. The van der Waals surface area contributed by atoms with Gasteiger partial charge in [-0.05, 0) is 77.9 Å². The second-order valence-electron chi connectivity index (χ2n) is 14.5. The van der Waals surface area contributed by atoms with Gasteiger partial charge in [0, 0.05) is 49.1 Å². The van der Waals surface area contributed by atoms with Crippen molar-refractivity contribution >= 4 is 65.6 Å². The third kappa shape index (κ3) is 4.94. The summed E-state index contributed by atoms with van der Waals surface area (Å²) in [5, 5.41) is 6.77. The summed E-state index contributed by atoms with van der Waals surface area (Å²) in [4.78, 5) is 15.7. The Morgan fingerprint density at radius 3 is 1.40 bits per heavy atom. The maximum absolute atomic E-state index is 6.45. The lowest BCUT2D eigenvalue weighted by molar-refractivity contribution is 0.669. The Hall–Kier alpha value is -7.83. The monoisotopic (exact) mass is 729 g/mol. The molecular formula is C51H31N5O. The summed E-state index contributed by atoms with van der Waals surface area (Å²) in [6.07, 6.45) is 0. The second kappa shape index (κ2) is 12.3. The van der Waals surface area contributed by atoms with Gasteiger partial charge < -0.3 is 8.98 Å². The van der Waals surface area contributed by atoms with Crippen LogP contribution < -0.4 is 0 Å². The lowest BCUT2D eigenvalue weighted by Crippen LogP contribution is -2.06. The summed E-state index contributed by atoms with van der Waals surface area (Å²) in [7, 11) is 0. The molecule has 0 atom stereocenters. The summed E-state index contributed by atoms with van der Waals surface area (Å²) in [5.41, 5.74) is 11.1. The first kappa shape index (κ1) is 31.5. The van der Waals surface area contributed by atoms with Crippen molar-refractivity contribution in [2.45, 2.75) is 0 Å². The van der Waals surface area contributed by atoms with Crippen molar-refractivity contribution in [2.75, 3.05) is 0 Å². The van der Waals surface area contributed by atoms with Gasteiger partial charge in [-0.1, -0.05) is 121 Å². The Labute approximate surface area is 326 Å². The van der Waals surface area contributed by atoms with Crippen LogP contribution in [0.3, 0.4) is 0 Å². The highest BCUT2D eigenvalue weighted by molar-refractivity contribution is 6.11. The molecule has 6 heteroatoms. The largest absolute Gasteiger partial charge is 0.456 e. The number of fused-ring (bicyclic) bond motifs is 9. The minimum absolute atomic E-state index is 0.559. The summed E-state index contributed by atoms with van der Waals surface area (Å²) in [5.74, 6) is 1.74. The van der Waals surface area contributed by atoms with Crippen LogP contribution >= 0.6 is 0 Å². The van der Waals surface area contributed by atoms with E-state index in [-0.39, 0.29) is 0 Å². The molecule has 0 saturated heterocycles. The van der Waals surface area contributed by atoms with E-state index >= 15 is 0 Å².